The van der Waals surface area contributed by atoms with Gasteiger partial charge in [-0.25, -0.2) is 0 Å². The molecule has 132 valence electrons. The van der Waals surface area contributed by atoms with Crippen LogP contribution in [-0.2, 0) is 22.6 Å². The average molecular weight is 340 g/mol. The van der Waals surface area contributed by atoms with Crippen LogP contribution in [0.5, 0.6) is 5.75 Å². The van der Waals surface area contributed by atoms with Crippen molar-refractivity contribution in [2.75, 3.05) is 13.7 Å². The molecule has 1 amide bonds. The molecule has 3 rings (SSSR count). The number of pyridine rings is 1. The Bertz CT molecular complexity index is 667. The molecule has 1 saturated heterocycles. The number of benzene rings is 1. The summed E-state index contributed by atoms with van der Waals surface area (Å²) >= 11 is 0. The maximum Gasteiger partial charge on any atom is 0.252 e. The number of methoxy groups -OCH3 is 1. The summed E-state index contributed by atoms with van der Waals surface area (Å²) in [6, 6.07) is 13.6. The third-order valence-corrected chi connectivity index (χ3v) is 4.38. The summed E-state index contributed by atoms with van der Waals surface area (Å²) in [6.07, 6.45) is 4.28. The van der Waals surface area contributed by atoms with Gasteiger partial charge in [-0.3, -0.25) is 9.78 Å². The number of carbonyl (C=O) groups is 1. The first-order chi connectivity index (χ1) is 12.3. The fourth-order valence-corrected chi connectivity index (χ4v) is 2.99. The molecular weight excluding hydrogens is 316 g/mol. The van der Waals surface area contributed by atoms with Crippen LogP contribution in [-0.4, -0.2) is 35.6 Å². The van der Waals surface area contributed by atoms with Crippen LogP contribution >= 0.6 is 0 Å². The van der Waals surface area contributed by atoms with E-state index in [1.54, 1.807) is 13.3 Å². The SMILES string of the molecule is COc1ccc(CN(Cc2ccccn2)C(=O)[C@H]2CCCCO2)cc1. The monoisotopic (exact) mass is 340 g/mol. The third-order valence-electron chi connectivity index (χ3n) is 4.38. The third kappa shape index (κ3) is 4.79. The van der Waals surface area contributed by atoms with E-state index >= 15 is 0 Å². The molecule has 0 bridgehead atoms. The Labute approximate surface area is 148 Å². The maximum absolute atomic E-state index is 13.0. The summed E-state index contributed by atoms with van der Waals surface area (Å²) in [5.74, 6) is 0.850. The highest BCUT2D eigenvalue weighted by molar-refractivity contribution is 5.81. The number of hydrogen-bond acceptors (Lipinski definition) is 4. The molecule has 0 radical (unpaired) electrons. The molecule has 0 unspecified atom stereocenters. The second kappa shape index (κ2) is 8.62. The fraction of sp³-hybridized carbons (Fsp3) is 0.400. The van der Waals surface area contributed by atoms with Crippen molar-refractivity contribution < 1.29 is 14.3 Å². The first-order valence-electron chi connectivity index (χ1n) is 8.69. The van der Waals surface area contributed by atoms with Gasteiger partial charge in [-0.2, -0.15) is 0 Å². The minimum absolute atomic E-state index is 0.0428. The summed E-state index contributed by atoms with van der Waals surface area (Å²) in [5, 5.41) is 0. The highest BCUT2D eigenvalue weighted by Crippen LogP contribution is 2.19. The summed E-state index contributed by atoms with van der Waals surface area (Å²) in [7, 11) is 1.65. The van der Waals surface area contributed by atoms with Gasteiger partial charge in [-0.1, -0.05) is 18.2 Å². The van der Waals surface area contributed by atoms with Crippen molar-refractivity contribution in [2.45, 2.75) is 38.5 Å². The fourth-order valence-electron chi connectivity index (χ4n) is 2.99. The highest BCUT2D eigenvalue weighted by atomic mass is 16.5. The van der Waals surface area contributed by atoms with Crippen LogP contribution in [0.25, 0.3) is 0 Å². The predicted molar refractivity (Wildman–Crippen MR) is 95.1 cm³/mol. The zero-order valence-electron chi connectivity index (χ0n) is 14.6. The van der Waals surface area contributed by atoms with Crippen molar-refractivity contribution in [2.24, 2.45) is 0 Å². The van der Waals surface area contributed by atoms with Crippen molar-refractivity contribution in [1.82, 2.24) is 9.88 Å². The molecule has 0 saturated carbocycles. The Morgan fingerprint density at radius 3 is 2.68 bits per heavy atom. The molecule has 5 heteroatoms. The number of nitrogens with zero attached hydrogens (tertiary/aromatic N) is 2. The molecule has 0 spiro atoms. The zero-order valence-corrected chi connectivity index (χ0v) is 14.6. The van der Waals surface area contributed by atoms with Gasteiger partial charge >= 0.3 is 0 Å². The first-order valence-corrected chi connectivity index (χ1v) is 8.69. The van der Waals surface area contributed by atoms with Crippen LogP contribution < -0.4 is 4.74 Å². The molecule has 1 aliphatic heterocycles. The van der Waals surface area contributed by atoms with Crippen molar-refractivity contribution in [3.8, 4) is 5.75 Å². The Hall–Kier alpha value is -2.40. The molecule has 1 atom stereocenters. The van der Waals surface area contributed by atoms with Crippen LogP contribution in [0, 0.1) is 0 Å². The minimum Gasteiger partial charge on any atom is -0.497 e. The molecule has 5 nitrogen and oxygen atoms in total. The van der Waals surface area contributed by atoms with Crippen LogP contribution in [0.15, 0.2) is 48.7 Å². The lowest BCUT2D eigenvalue weighted by Gasteiger charge is -2.29. The van der Waals surface area contributed by atoms with Gasteiger partial charge in [0.2, 0.25) is 0 Å². The van der Waals surface area contributed by atoms with Gasteiger partial charge in [0.05, 0.1) is 19.3 Å². The number of aromatic nitrogens is 1. The quantitative estimate of drug-likeness (QED) is 0.810. The Morgan fingerprint density at radius 1 is 1.20 bits per heavy atom. The van der Waals surface area contributed by atoms with Gasteiger partial charge in [0, 0.05) is 19.3 Å². The van der Waals surface area contributed by atoms with Crippen molar-refractivity contribution in [3.05, 3.63) is 59.9 Å². The largest absolute Gasteiger partial charge is 0.497 e. The molecule has 1 aliphatic rings. The van der Waals surface area contributed by atoms with Crippen molar-refractivity contribution in [3.63, 3.8) is 0 Å². The number of hydrogen-bond donors (Lipinski definition) is 0. The molecule has 2 aromatic rings. The van der Waals surface area contributed by atoms with Gasteiger partial charge in [0.25, 0.3) is 5.91 Å². The molecular formula is C20H24N2O3. The number of rotatable bonds is 6. The van der Waals surface area contributed by atoms with Crippen LogP contribution in [0.2, 0.25) is 0 Å². The van der Waals surface area contributed by atoms with E-state index in [1.165, 1.54) is 0 Å². The molecule has 2 heterocycles. The van der Waals surface area contributed by atoms with Gasteiger partial charge in [0.1, 0.15) is 11.9 Å². The van der Waals surface area contributed by atoms with Crippen LogP contribution in [0.4, 0.5) is 0 Å². The first kappa shape index (κ1) is 17.4. The van der Waals surface area contributed by atoms with Crippen LogP contribution in [0.1, 0.15) is 30.5 Å². The normalized spacial score (nSPS) is 17.1. The second-order valence-corrected chi connectivity index (χ2v) is 6.22. The molecule has 0 N–H and O–H groups in total. The van der Waals surface area contributed by atoms with Gasteiger partial charge < -0.3 is 14.4 Å². The molecule has 1 aromatic heterocycles. The molecule has 25 heavy (non-hydrogen) atoms. The predicted octanol–water partition coefficient (Wildman–Crippen LogP) is 3.19. The van der Waals surface area contributed by atoms with E-state index in [0.29, 0.717) is 19.7 Å². The summed E-state index contributed by atoms with van der Waals surface area (Å²) in [5.41, 5.74) is 1.93. The number of ether oxygens (including phenoxy) is 2. The lowest BCUT2D eigenvalue weighted by atomic mass is 10.1. The molecule has 0 aliphatic carbocycles. The van der Waals surface area contributed by atoms with E-state index in [-0.39, 0.29) is 12.0 Å². The smallest absolute Gasteiger partial charge is 0.252 e. The summed E-state index contributed by atoms with van der Waals surface area (Å²) < 4.78 is 10.9. The van der Waals surface area contributed by atoms with Gasteiger partial charge in [0.15, 0.2) is 0 Å². The number of amides is 1. The van der Waals surface area contributed by atoms with E-state index < -0.39 is 0 Å². The maximum atomic E-state index is 13.0. The van der Waals surface area contributed by atoms with E-state index in [4.69, 9.17) is 9.47 Å². The Kier molecular flexibility index (Phi) is 6.01. The van der Waals surface area contributed by atoms with Gasteiger partial charge in [-0.05, 0) is 49.1 Å². The van der Waals surface area contributed by atoms with E-state index in [9.17, 15) is 4.79 Å². The molecule has 1 fully saturated rings. The van der Waals surface area contributed by atoms with Crippen molar-refractivity contribution >= 4 is 5.91 Å². The average Bonchev–Trinajstić information content (AvgIpc) is 2.69. The lowest BCUT2D eigenvalue weighted by molar-refractivity contribution is -0.147. The van der Waals surface area contributed by atoms with E-state index in [0.717, 1.165) is 36.3 Å². The minimum atomic E-state index is -0.337. The van der Waals surface area contributed by atoms with Crippen molar-refractivity contribution in [1.29, 1.82) is 0 Å². The van der Waals surface area contributed by atoms with Crippen LogP contribution in [0.3, 0.4) is 0 Å². The second-order valence-electron chi connectivity index (χ2n) is 6.22. The summed E-state index contributed by atoms with van der Waals surface area (Å²) in [4.78, 5) is 19.2. The Morgan fingerprint density at radius 2 is 2.04 bits per heavy atom. The van der Waals surface area contributed by atoms with Gasteiger partial charge in [-0.15, -0.1) is 0 Å². The lowest BCUT2D eigenvalue weighted by Crippen LogP contribution is -2.41. The standard InChI is InChI=1S/C20H24N2O3/c1-24-18-10-8-16(9-11-18)14-22(15-17-6-2-4-12-21-17)20(23)19-7-3-5-13-25-19/h2,4,6,8-12,19H,3,5,7,13-15H2,1H3/t19-/m1/s1. The number of carbonyl (C=O) groups excluding carboxylic acids is 1. The zero-order chi connectivity index (χ0) is 17.5. The summed E-state index contributed by atoms with van der Waals surface area (Å²) in [6.45, 7) is 1.67. The Balaban J connectivity index is 1.75. The topological polar surface area (TPSA) is 51.7 Å². The van der Waals surface area contributed by atoms with E-state index in [1.807, 2.05) is 47.4 Å². The molecule has 1 aromatic carbocycles. The highest BCUT2D eigenvalue weighted by Gasteiger charge is 2.27. The van der Waals surface area contributed by atoms with E-state index in [2.05, 4.69) is 4.98 Å².